The number of likely N-dealkylation sites (N-methyl/N-ethyl adjacent to an activating group) is 2. The van der Waals surface area contributed by atoms with Crippen LogP contribution < -0.4 is 20.7 Å². The van der Waals surface area contributed by atoms with Crippen LogP contribution in [0.2, 0.25) is 0 Å². The molecule has 1 fully saturated rings. The normalized spacial score (nSPS) is 21.0. The van der Waals surface area contributed by atoms with E-state index in [1.165, 1.54) is 4.88 Å². The summed E-state index contributed by atoms with van der Waals surface area (Å²) in [5, 5.41) is 13.3. The fourth-order valence-corrected chi connectivity index (χ4v) is 7.71. The van der Waals surface area contributed by atoms with Gasteiger partial charge in [0.25, 0.3) is 0 Å². The largest absolute Gasteiger partial charge is 0.474 e. The molecule has 1 unspecified atom stereocenters. The van der Waals surface area contributed by atoms with E-state index < -0.39 is 5.41 Å². The molecule has 0 radical (unpaired) electrons. The third kappa shape index (κ3) is 7.05. The van der Waals surface area contributed by atoms with Crippen molar-refractivity contribution >= 4 is 28.6 Å². The van der Waals surface area contributed by atoms with Gasteiger partial charge in [-0.15, -0.1) is 11.3 Å². The van der Waals surface area contributed by atoms with E-state index in [9.17, 15) is 10.1 Å². The predicted molar refractivity (Wildman–Crippen MR) is 175 cm³/mol. The summed E-state index contributed by atoms with van der Waals surface area (Å²) in [7, 11) is 8.05. The number of rotatable bonds is 12. The lowest BCUT2D eigenvalue weighted by Gasteiger charge is -2.40. The van der Waals surface area contributed by atoms with Gasteiger partial charge < -0.3 is 25.6 Å². The Morgan fingerprint density at radius 2 is 1.93 bits per heavy atom. The molecule has 0 amide bonds. The second-order valence-corrected chi connectivity index (χ2v) is 13.9. The molecule has 43 heavy (non-hydrogen) atoms. The number of Topliss-reactive ketones (excluding diaryl/α,β-unsaturated/α-hetero) is 1. The maximum absolute atomic E-state index is 14.5. The number of carbonyl (C=O) groups is 1. The molecule has 0 aliphatic heterocycles. The first-order valence-corrected chi connectivity index (χ1v) is 16.5. The third-order valence-electron chi connectivity index (χ3n) is 9.22. The number of ether oxygens (including phenoxy) is 1. The van der Waals surface area contributed by atoms with E-state index in [1.54, 1.807) is 11.3 Å². The van der Waals surface area contributed by atoms with Crippen LogP contribution in [0.25, 0.3) is 5.70 Å². The molecule has 9 nitrogen and oxygen atoms in total. The molecule has 2 aromatic heterocycles. The van der Waals surface area contributed by atoms with Crippen molar-refractivity contribution in [3.63, 3.8) is 0 Å². The lowest BCUT2D eigenvalue weighted by atomic mass is 9.61. The number of aryl methyl sites for hydroxylation is 2. The number of carbonyl (C=O) groups excluding carboxylic acids is 1. The van der Waals surface area contributed by atoms with Gasteiger partial charge in [0, 0.05) is 41.5 Å². The van der Waals surface area contributed by atoms with Crippen LogP contribution in [0, 0.1) is 24.2 Å². The van der Waals surface area contributed by atoms with Crippen molar-refractivity contribution in [2.24, 2.45) is 11.7 Å². The molecule has 0 aromatic carbocycles. The highest BCUT2D eigenvalue weighted by atomic mass is 32.1. The van der Waals surface area contributed by atoms with E-state index in [0.29, 0.717) is 46.7 Å². The zero-order valence-electron chi connectivity index (χ0n) is 27.0. The number of allylic oxidation sites excluding steroid dienone is 1. The zero-order valence-corrected chi connectivity index (χ0v) is 27.9. The Morgan fingerprint density at radius 3 is 2.60 bits per heavy atom. The molecule has 3 N–H and O–H groups in total. The van der Waals surface area contributed by atoms with Crippen molar-refractivity contribution in [2.75, 3.05) is 52.7 Å². The minimum atomic E-state index is -0.696. The summed E-state index contributed by atoms with van der Waals surface area (Å²) < 4.78 is 6.41. The number of thiophene rings is 1. The minimum Gasteiger partial charge on any atom is -0.474 e. The number of nitrogens with one attached hydrogen (secondary N) is 1. The third-order valence-corrected chi connectivity index (χ3v) is 10.4. The predicted octanol–water partition coefficient (Wildman–Crippen LogP) is 4.82. The van der Waals surface area contributed by atoms with Gasteiger partial charge in [-0.05, 0) is 104 Å². The van der Waals surface area contributed by atoms with E-state index in [2.05, 4.69) is 35.0 Å². The molecule has 1 saturated carbocycles. The molecule has 234 valence electrons. The van der Waals surface area contributed by atoms with E-state index in [-0.39, 0.29) is 11.9 Å². The van der Waals surface area contributed by atoms with Crippen molar-refractivity contribution in [2.45, 2.75) is 83.7 Å². The Hall–Kier alpha value is -3.00. The van der Waals surface area contributed by atoms with Gasteiger partial charge in [-0.1, -0.05) is 6.92 Å². The first-order valence-electron chi connectivity index (χ1n) is 15.6. The maximum atomic E-state index is 14.5. The Kier molecular flexibility index (Phi) is 10.9. The van der Waals surface area contributed by atoms with Crippen LogP contribution >= 0.6 is 11.3 Å². The molecule has 2 aliphatic carbocycles. The molecule has 2 heterocycles. The van der Waals surface area contributed by atoms with Crippen LogP contribution in [0.5, 0.6) is 5.88 Å². The van der Waals surface area contributed by atoms with Crippen molar-refractivity contribution in [1.29, 1.82) is 5.26 Å². The van der Waals surface area contributed by atoms with Crippen molar-refractivity contribution in [3.8, 4) is 11.9 Å². The van der Waals surface area contributed by atoms with Gasteiger partial charge in [-0.2, -0.15) is 10.2 Å². The Bertz CT molecular complexity index is 1380. The molecule has 4 rings (SSSR count). The van der Waals surface area contributed by atoms with E-state index >= 15 is 0 Å². The van der Waals surface area contributed by atoms with Gasteiger partial charge in [-0.25, -0.2) is 4.98 Å². The highest BCUT2D eigenvalue weighted by Crippen LogP contribution is 2.51. The van der Waals surface area contributed by atoms with E-state index in [4.69, 9.17) is 20.4 Å². The zero-order chi connectivity index (χ0) is 31.3. The van der Waals surface area contributed by atoms with Crippen LogP contribution in [-0.2, 0) is 16.6 Å². The summed E-state index contributed by atoms with van der Waals surface area (Å²) in [6.45, 7) is 8.85. The number of fused-ring (bicyclic) bond motifs is 2. The van der Waals surface area contributed by atoms with Crippen molar-refractivity contribution in [1.82, 2.24) is 20.2 Å². The first kappa shape index (κ1) is 32.9. The summed E-state index contributed by atoms with van der Waals surface area (Å²) in [5.74, 6) is 1.87. The van der Waals surface area contributed by atoms with Crippen molar-refractivity contribution < 1.29 is 9.53 Å². The minimum absolute atomic E-state index is 0.0375. The number of anilines is 1. The Balaban J connectivity index is 1.73. The summed E-state index contributed by atoms with van der Waals surface area (Å²) in [6.07, 6.45) is 6.79. The summed E-state index contributed by atoms with van der Waals surface area (Å²) in [6, 6.07) is 4.29. The van der Waals surface area contributed by atoms with Gasteiger partial charge >= 0.3 is 0 Å². The molecule has 2 aromatic rings. The van der Waals surface area contributed by atoms with Gasteiger partial charge in [0.15, 0.2) is 11.6 Å². The average molecular weight is 608 g/mol. The molecule has 1 spiro atoms. The SMILES string of the molecule is CNCCCC(C)[C@H](C)Oc1cc(N(C)CCN(C)C)nc(/C(N)=C2\CCC[C@@]3(CCCc4sc(C)c(C#N)c43)C2=O)n1. The van der Waals surface area contributed by atoms with Gasteiger partial charge in [-0.3, -0.25) is 4.79 Å². The number of aromatic nitrogens is 2. The van der Waals surface area contributed by atoms with Crippen LogP contribution in [0.1, 0.15) is 85.5 Å². The van der Waals surface area contributed by atoms with E-state index in [0.717, 1.165) is 75.0 Å². The van der Waals surface area contributed by atoms with Crippen LogP contribution in [-0.4, -0.2) is 74.6 Å². The smallest absolute Gasteiger partial charge is 0.219 e. The standard InChI is InChI=1S/C33H49N7O2S/c1-21(11-10-16-36-4)22(2)42-28-19-27(40(7)18-17-39(5)6)37-32(38-28)30(35)24-12-8-14-33(31(24)41)15-9-13-26-29(33)25(20-34)23(3)43-26/h19,21-22,36H,8-18,35H2,1-7H3/b30-24-/t21?,22-,33-/m0/s1. The lowest BCUT2D eigenvalue weighted by molar-refractivity contribution is -0.122. The highest BCUT2D eigenvalue weighted by molar-refractivity contribution is 7.12. The maximum Gasteiger partial charge on any atom is 0.219 e. The molecule has 10 heteroatoms. The summed E-state index contributed by atoms with van der Waals surface area (Å²) in [5.41, 5.74) is 8.71. The number of hydrogen-bond acceptors (Lipinski definition) is 10. The second kappa shape index (κ2) is 14.2. The molecular formula is C33H49N7O2S. The van der Waals surface area contributed by atoms with Crippen molar-refractivity contribution in [3.05, 3.63) is 38.3 Å². The van der Waals surface area contributed by atoms with Crippen LogP contribution in [0.15, 0.2) is 11.6 Å². The molecule has 0 saturated heterocycles. The molecule has 2 aliphatic rings. The second-order valence-electron chi connectivity index (χ2n) is 12.6. The lowest BCUT2D eigenvalue weighted by Crippen LogP contribution is -2.43. The van der Waals surface area contributed by atoms with Gasteiger partial charge in [0.05, 0.1) is 16.7 Å². The number of ketones is 1. The molecular weight excluding hydrogens is 558 g/mol. The fourth-order valence-electron chi connectivity index (χ4n) is 6.44. The summed E-state index contributed by atoms with van der Waals surface area (Å²) >= 11 is 1.67. The number of nitrogens with two attached hydrogens (primary N) is 1. The number of nitrogens with zero attached hydrogens (tertiary/aromatic N) is 5. The Morgan fingerprint density at radius 1 is 1.21 bits per heavy atom. The number of hydrogen-bond donors (Lipinski definition) is 2. The summed E-state index contributed by atoms with van der Waals surface area (Å²) in [4.78, 5) is 30.5. The van der Waals surface area contributed by atoms with Gasteiger partial charge in [0.1, 0.15) is 18.0 Å². The molecule has 0 bridgehead atoms. The van der Waals surface area contributed by atoms with Gasteiger partial charge in [0.2, 0.25) is 5.88 Å². The van der Waals surface area contributed by atoms with E-state index in [1.807, 2.05) is 41.2 Å². The van der Waals surface area contributed by atoms with Crippen LogP contribution in [0.4, 0.5) is 5.82 Å². The number of nitriles is 1. The van der Waals surface area contributed by atoms with Crippen LogP contribution in [0.3, 0.4) is 0 Å². The monoisotopic (exact) mass is 607 g/mol. The topological polar surface area (TPSA) is 120 Å². The Labute approximate surface area is 261 Å². The fraction of sp³-hybridized carbons (Fsp3) is 0.636. The quantitative estimate of drug-likeness (QED) is 0.259. The first-order chi connectivity index (χ1) is 20.5. The average Bonchev–Trinajstić information content (AvgIpc) is 3.32. The molecule has 3 atom stereocenters. The highest BCUT2D eigenvalue weighted by Gasteiger charge is 2.49.